The van der Waals surface area contributed by atoms with Gasteiger partial charge in [0.1, 0.15) is 11.0 Å². The minimum Gasteiger partial charge on any atom is -0.468 e. The van der Waals surface area contributed by atoms with Gasteiger partial charge in [-0.15, -0.1) is 0 Å². The van der Waals surface area contributed by atoms with Crippen molar-refractivity contribution in [3.63, 3.8) is 0 Å². The number of carbonyl (C=O) groups is 1. The van der Waals surface area contributed by atoms with E-state index in [4.69, 9.17) is 4.42 Å². The summed E-state index contributed by atoms with van der Waals surface area (Å²) in [7, 11) is -1.42. The fourth-order valence-corrected chi connectivity index (χ4v) is 2.79. The van der Waals surface area contributed by atoms with Crippen LogP contribution in [0.4, 0.5) is 5.69 Å². The number of rotatable bonds is 4. The predicted octanol–water partition coefficient (Wildman–Crippen LogP) is 2.72. The second-order valence-corrected chi connectivity index (χ2v) is 5.88. The Bertz CT molecular complexity index is 592. The Hall–Kier alpha value is -1.88. The first-order chi connectivity index (χ1) is 9.09. The Morgan fingerprint density at radius 2 is 1.95 bits per heavy atom. The molecule has 1 heterocycles. The number of carbonyl (C=O) groups excluding carboxylic acids is 1. The summed E-state index contributed by atoms with van der Waals surface area (Å²) in [5.41, 5.74) is 0.695. The third-order valence-corrected chi connectivity index (χ3v) is 4.47. The van der Waals surface area contributed by atoms with Crippen LogP contribution in [0.2, 0.25) is 0 Å². The summed E-state index contributed by atoms with van der Waals surface area (Å²) in [5, 5.41) is 2.10. The summed E-state index contributed by atoms with van der Waals surface area (Å²) >= 11 is 0. The predicted molar refractivity (Wildman–Crippen MR) is 74.4 cm³/mol. The van der Waals surface area contributed by atoms with Crippen LogP contribution in [0.25, 0.3) is 0 Å². The number of anilines is 1. The summed E-state index contributed by atoms with van der Waals surface area (Å²) < 4.78 is 17.4. The lowest BCUT2D eigenvalue weighted by Gasteiger charge is -2.11. The van der Waals surface area contributed by atoms with Gasteiger partial charge in [-0.25, -0.2) is 0 Å². The third kappa shape index (κ3) is 3.12. The summed E-state index contributed by atoms with van der Waals surface area (Å²) in [4.78, 5) is 12.6. The number of amides is 1. The maximum Gasteiger partial charge on any atom is 0.240 e. The molecule has 2 aromatic rings. The number of para-hydroxylation sites is 1. The van der Waals surface area contributed by atoms with E-state index in [1.807, 2.05) is 18.2 Å². The lowest BCUT2D eigenvalue weighted by molar-refractivity contribution is -0.115. The van der Waals surface area contributed by atoms with Crippen LogP contribution < -0.4 is 5.32 Å². The van der Waals surface area contributed by atoms with E-state index >= 15 is 0 Å². The van der Waals surface area contributed by atoms with E-state index in [-0.39, 0.29) is 5.91 Å². The Kier molecular flexibility index (Phi) is 4.16. The van der Waals surface area contributed by atoms with Gasteiger partial charge >= 0.3 is 0 Å². The maximum atomic E-state index is 12.2. The quantitative estimate of drug-likeness (QED) is 0.934. The molecule has 0 spiro atoms. The van der Waals surface area contributed by atoms with Crippen LogP contribution in [0, 0.1) is 6.92 Å². The molecule has 0 aliphatic carbocycles. The zero-order valence-electron chi connectivity index (χ0n) is 10.8. The van der Waals surface area contributed by atoms with E-state index in [2.05, 4.69) is 5.32 Å². The molecule has 0 fully saturated rings. The number of hydrogen-bond donors (Lipinski definition) is 1. The van der Waals surface area contributed by atoms with E-state index in [0.29, 0.717) is 16.3 Å². The molecule has 0 aliphatic heterocycles. The first-order valence-electron chi connectivity index (χ1n) is 5.90. The molecule has 0 saturated carbocycles. The molecular formula is C14H15NO3S. The van der Waals surface area contributed by atoms with Crippen LogP contribution in [0.1, 0.15) is 12.7 Å². The molecule has 0 unspecified atom stereocenters. The van der Waals surface area contributed by atoms with Crippen molar-refractivity contribution in [2.24, 2.45) is 0 Å². The fraction of sp³-hybridized carbons (Fsp3) is 0.214. The lowest BCUT2D eigenvalue weighted by Crippen LogP contribution is -2.29. The van der Waals surface area contributed by atoms with E-state index < -0.39 is 16.0 Å². The first kappa shape index (κ1) is 13.5. The third-order valence-electron chi connectivity index (χ3n) is 2.76. The molecule has 1 N–H and O–H groups in total. The number of hydrogen-bond acceptors (Lipinski definition) is 3. The van der Waals surface area contributed by atoms with Gasteiger partial charge in [0.15, 0.2) is 0 Å². The summed E-state index contributed by atoms with van der Waals surface area (Å²) in [6.45, 7) is 3.37. The van der Waals surface area contributed by atoms with Crippen molar-refractivity contribution in [3.05, 3.63) is 48.4 Å². The number of benzene rings is 1. The van der Waals surface area contributed by atoms with Gasteiger partial charge in [0.25, 0.3) is 0 Å². The molecule has 2 rings (SSSR count). The molecule has 1 amide bonds. The molecule has 1 aromatic heterocycles. The van der Waals surface area contributed by atoms with Crippen molar-refractivity contribution in [2.45, 2.75) is 24.0 Å². The van der Waals surface area contributed by atoms with Crippen molar-refractivity contribution in [2.75, 3.05) is 5.32 Å². The summed E-state index contributed by atoms with van der Waals surface area (Å²) in [5.74, 6) is 0.308. The van der Waals surface area contributed by atoms with Crippen molar-refractivity contribution in [1.82, 2.24) is 0 Å². The van der Waals surface area contributed by atoms with Crippen LogP contribution in [0.15, 0.2) is 52.0 Å². The van der Waals surface area contributed by atoms with Gasteiger partial charge in [0, 0.05) is 5.69 Å². The summed E-state index contributed by atoms with van der Waals surface area (Å²) in [6, 6.07) is 10.7. The SMILES string of the molecule is Cc1occc1[S@](=O)[C@H](C)C(=O)Nc1ccccc1. The molecule has 0 radical (unpaired) electrons. The Balaban J connectivity index is 2.08. The lowest BCUT2D eigenvalue weighted by atomic mass is 10.3. The number of furan rings is 1. The molecule has 100 valence electrons. The van der Waals surface area contributed by atoms with Crippen molar-refractivity contribution < 1.29 is 13.4 Å². The van der Waals surface area contributed by atoms with Crippen LogP contribution in [-0.4, -0.2) is 15.4 Å². The van der Waals surface area contributed by atoms with Crippen LogP contribution in [0.5, 0.6) is 0 Å². The topological polar surface area (TPSA) is 59.3 Å². The van der Waals surface area contributed by atoms with Gasteiger partial charge in [-0.1, -0.05) is 18.2 Å². The van der Waals surface area contributed by atoms with Crippen molar-refractivity contribution >= 4 is 22.4 Å². The normalized spacial score (nSPS) is 13.8. The molecule has 0 bridgehead atoms. The highest BCUT2D eigenvalue weighted by Gasteiger charge is 2.23. The second kappa shape index (κ2) is 5.84. The Labute approximate surface area is 114 Å². The molecule has 0 saturated heterocycles. The summed E-state index contributed by atoms with van der Waals surface area (Å²) in [6.07, 6.45) is 1.48. The zero-order valence-corrected chi connectivity index (χ0v) is 11.6. The van der Waals surface area contributed by atoms with Crippen LogP contribution in [-0.2, 0) is 15.6 Å². The van der Waals surface area contributed by atoms with Crippen molar-refractivity contribution in [3.8, 4) is 0 Å². The molecule has 4 nitrogen and oxygen atoms in total. The van der Waals surface area contributed by atoms with Crippen LogP contribution >= 0.6 is 0 Å². The molecule has 19 heavy (non-hydrogen) atoms. The van der Waals surface area contributed by atoms with Gasteiger partial charge in [-0.05, 0) is 32.0 Å². The van der Waals surface area contributed by atoms with Gasteiger partial charge in [-0.2, -0.15) is 0 Å². The number of aryl methyl sites for hydroxylation is 1. The van der Waals surface area contributed by atoms with Gasteiger partial charge in [-0.3, -0.25) is 9.00 Å². The average Bonchev–Trinajstić information content (AvgIpc) is 2.84. The zero-order chi connectivity index (χ0) is 13.8. The fourth-order valence-electron chi connectivity index (χ4n) is 1.64. The van der Waals surface area contributed by atoms with Gasteiger partial charge in [0.2, 0.25) is 5.91 Å². The number of nitrogens with one attached hydrogen (secondary N) is 1. The Morgan fingerprint density at radius 1 is 1.26 bits per heavy atom. The second-order valence-electron chi connectivity index (χ2n) is 4.14. The van der Waals surface area contributed by atoms with Crippen molar-refractivity contribution in [1.29, 1.82) is 0 Å². The smallest absolute Gasteiger partial charge is 0.240 e. The van der Waals surface area contributed by atoms with Gasteiger partial charge < -0.3 is 9.73 Å². The van der Waals surface area contributed by atoms with Crippen LogP contribution in [0.3, 0.4) is 0 Å². The monoisotopic (exact) mass is 277 g/mol. The largest absolute Gasteiger partial charge is 0.468 e. The minimum absolute atomic E-state index is 0.273. The standard InChI is InChI=1S/C14H15NO3S/c1-10-13(8-9-18-10)19(17)11(2)14(16)15-12-6-4-3-5-7-12/h3-9,11H,1-2H3,(H,15,16)/t11-,19-/m1/s1. The van der Waals surface area contributed by atoms with E-state index in [1.54, 1.807) is 32.0 Å². The highest BCUT2D eigenvalue weighted by molar-refractivity contribution is 7.86. The molecule has 2 atom stereocenters. The highest BCUT2D eigenvalue weighted by Crippen LogP contribution is 2.18. The highest BCUT2D eigenvalue weighted by atomic mass is 32.2. The van der Waals surface area contributed by atoms with E-state index in [1.165, 1.54) is 6.26 Å². The average molecular weight is 277 g/mol. The molecule has 0 aliphatic rings. The van der Waals surface area contributed by atoms with Gasteiger partial charge in [0.05, 0.1) is 22.0 Å². The minimum atomic E-state index is -1.42. The molecule has 1 aromatic carbocycles. The van der Waals surface area contributed by atoms with E-state index in [0.717, 1.165) is 0 Å². The first-order valence-corrected chi connectivity index (χ1v) is 7.11. The molecule has 5 heteroatoms. The molecular weight excluding hydrogens is 262 g/mol. The van der Waals surface area contributed by atoms with E-state index in [9.17, 15) is 9.00 Å². The Morgan fingerprint density at radius 3 is 2.53 bits per heavy atom. The maximum absolute atomic E-state index is 12.2.